The number of nitrogens with zero attached hydrogens (tertiary/aromatic N) is 5. The molecule has 30 heavy (non-hydrogen) atoms. The van der Waals surface area contributed by atoms with E-state index >= 15 is 0 Å². The second-order valence-electron chi connectivity index (χ2n) is 7.26. The highest BCUT2D eigenvalue weighted by molar-refractivity contribution is 6.30. The Morgan fingerprint density at radius 3 is 2.73 bits per heavy atom. The summed E-state index contributed by atoms with van der Waals surface area (Å²) < 4.78 is 7.34. The first-order chi connectivity index (χ1) is 14.6. The van der Waals surface area contributed by atoms with Crippen molar-refractivity contribution < 1.29 is 9.32 Å². The van der Waals surface area contributed by atoms with Gasteiger partial charge in [-0.1, -0.05) is 41.0 Å². The first-order valence-electron chi connectivity index (χ1n) is 9.57. The van der Waals surface area contributed by atoms with Crippen LogP contribution in [0.5, 0.6) is 0 Å². The molecule has 5 rings (SSSR count). The fraction of sp³-hybridized carbons (Fsp3) is 0.182. The fourth-order valence-corrected chi connectivity index (χ4v) is 3.94. The molecule has 1 fully saturated rings. The van der Waals surface area contributed by atoms with Crippen molar-refractivity contribution in [2.24, 2.45) is 7.05 Å². The van der Waals surface area contributed by atoms with E-state index in [-0.39, 0.29) is 11.8 Å². The van der Waals surface area contributed by atoms with Crippen molar-refractivity contribution in [1.29, 1.82) is 0 Å². The standard InChI is InChI=1S/C22H18ClN5O2/c1-27-19(8-9-24-27)14-4-2-5-15(10-14)21-25-22(30-26-21)16-11-20(29)28(13-16)18-7-3-6-17(23)12-18/h2-10,12,16H,11,13H2,1H3. The normalized spacial score (nSPS) is 16.4. The molecule has 8 heteroatoms. The molecule has 0 radical (unpaired) electrons. The summed E-state index contributed by atoms with van der Waals surface area (Å²) in [5.74, 6) is 0.828. The van der Waals surface area contributed by atoms with Crippen LogP contribution in [0.3, 0.4) is 0 Å². The van der Waals surface area contributed by atoms with E-state index in [1.807, 2.05) is 54.2 Å². The maximum Gasteiger partial charge on any atom is 0.232 e. The van der Waals surface area contributed by atoms with Gasteiger partial charge in [-0.25, -0.2) is 0 Å². The minimum absolute atomic E-state index is 0.0141. The third kappa shape index (κ3) is 3.37. The third-order valence-electron chi connectivity index (χ3n) is 5.27. The van der Waals surface area contributed by atoms with Crippen LogP contribution in [0.2, 0.25) is 5.02 Å². The lowest BCUT2D eigenvalue weighted by Crippen LogP contribution is -2.24. The zero-order valence-electron chi connectivity index (χ0n) is 16.2. The van der Waals surface area contributed by atoms with Gasteiger partial charge in [0.1, 0.15) is 0 Å². The van der Waals surface area contributed by atoms with Crippen LogP contribution in [0.25, 0.3) is 22.6 Å². The van der Waals surface area contributed by atoms with Crippen molar-refractivity contribution in [2.45, 2.75) is 12.3 Å². The van der Waals surface area contributed by atoms with Gasteiger partial charge < -0.3 is 9.42 Å². The van der Waals surface area contributed by atoms with Crippen molar-refractivity contribution in [3.8, 4) is 22.6 Å². The van der Waals surface area contributed by atoms with Crippen molar-refractivity contribution >= 4 is 23.2 Å². The minimum atomic E-state index is -0.155. The Morgan fingerprint density at radius 1 is 1.10 bits per heavy atom. The molecular weight excluding hydrogens is 402 g/mol. The Morgan fingerprint density at radius 2 is 1.93 bits per heavy atom. The van der Waals surface area contributed by atoms with Gasteiger partial charge in [0.05, 0.1) is 11.6 Å². The zero-order valence-corrected chi connectivity index (χ0v) is 17.0. The maximum atomic E-state index is 12.5. The molecule has 0 bridgehead atoms. The number of carbonyl (C=O) groups excluding carboxylic acids is 1. The van der Waals surface area contributed by atoms with Gasteiger partial charge in [0, 0.05) is 48.0 Å². The average Bonchev–Trinajstić information content (AvgIpc) is 3.47. The number of benzene rings is 2. The van der Waals surface area contributed by atoms with Crippen molar-refractivity contribution in [2.75, 3.05) is 11.4 Å². The molecule has 7 nitrogen and oxygen atoms in total. The minimum Gasteiger partial charge on any atom is -0.339 e. The van der Waals surface area contributed by atoms with E-state index in [9.17, 15) is 4.79 Å². The largest absolute Gasteiger partial charge is 0.339 e. The molecule has 1 unspecified atom stereocenters. The number of anilines is 1. The van der Waals surface area contributed by atoms with Gasteiger partial charge in [-0.15, -0.1) is 0 Å². The summed E-state index contributed by atoms with van der Waals surface area (Å²) in [5, 5.41) is 8.97. The van der Waals surface area contributed by atoms with E-state index in [2.05, 4.69) is 15.2 Å². The smallest absolute Gasteiger partial charge is 0.232 e. The summed E-state index contributed by atoms with van der Waals surface area (Å²) in [6.45, 7) is 0.482. The number of rotatable bonds is 4. The fourth-order valence-electron chi connectivity index (χ4n) is 3.76. The molecule has 1 saturated heterocycles. The number of aromatic nitrogens is 4. The summed E-state index contributed by atoms with van der Waals surface area (Å²) in [6, 6.07) is 17.1. The van der Waals surface area contributed by atoms with Crippen molar-refractivity contribution in [1.82, 2.24) is 19.9 Å². The predicted molar refractivity (Wildman–Crippen MR) is 113 cm³/mol. The highest BCUT2D eigenvalue weighted by Crippen LogP contribution is 2.33. The molecule has 0 spiro atoms. The van der Waals surface area contributed by atoms with E-state index in [1.165, 1.54) is 0 Å². The average molecular weight is 420 g/mol. The highest BCUT2D eigenvalue weighted by Gasteiger charge is 2.35. The molecule has 0 N–H and O–H groups in total. The quantitative estimate of drug-likeness (QED) is 0.492. The molecule has 1 atom stereocenters. The summed E-state index contributed by atoms with van der Waals surface area (Å²) in [7, 11) is 1.90. The Balaban J connectivity index is 1.39. The number of halogens is 1. The summed E-state index contributed by atoms with van der Waals surface area (Å²) in [5.41, 5.74) is 3.64. The van der Waals surface area contributed by atoms with Crippen LogP contribution in [-0.4, -0.2) is 32.4 Å². The van der Waals surface area contributed by atoms with Crippen molar-refractivity contribution in [3.63, 3.8) is 0 Å². The van der Waals surface area contributed by atoms with Gasteiger partial charge >= 0.3 is 0 Å². The van der Waals surface area contributed by atoms with Crippen LogP contribution < -0.4 is 4.90 Å². The molecule has 0 saturated carbocycles. The van der Waals surface area contributed by atoms with Crippen LogP contribution in [0.15, 0.2) is 65.3 Å². The SMILES string of the molecule is Cn1nccc1-c1cccc(-c2noc(C3CC(=O)N(c4cccc(Cl)c4)C3)n2)c1. The topological polar surface area (TPSA) is 77.0 Å². The molecule has 4 aromatic rings. The number of aryl methyl sites for hydroxylation is 1. The van der Waals surface area contributed by atoms with E-state index < -0.39 is 0 Å². The second kappa shape index (κ2) is 7.42. The lowest BCUT2D eigenvalue weighted by Gasteiger charge is -2.16. The van der Waals surface area contributed by atoms with Gasteiger partial charge in [0.25, 0.3) is 0 Å². The number of hydrogen-bond acceptors (Lipinski definition) is 5. The van der Waals surface area contributed by atoms with Gasteiger partial charge in [-0.3, -0.25) is 9.48 Å². The summed E-state index contributed by atoms with van der Waals surface area (Å²) in [6.07, 6.45) is 2.08. The first kappa shape index (κ1) is 18.6. The van der Waals surface area contributed by atoms with Gasteiger partial charge in [0.15, 0.2) is 0 Å². The predicted octanol–water partition coefficient (Wildman–Crippen LogP) is 4.31. The Labute approximate surface area is 177 Å². The lowest BCUT2D eigenvalue weighted by atomic mass is 10.1. The van der Waals surface area contributed by atoms with Gasteiger partial charge in [0.2, 0.25) is 17.6 Å². The van der Waals surface area contributed by atoms with Gasteiger partial charge in [-0.2, -0.15) is 10.1 Å². The molecule has 0 aliphatic carbocycles. The van der Waals surface area contributed by atoms with Crippen LogP contribution in [0, 0.1) is 0 Å². The van der Waals surface area contributed by atoms with E-state index in [4.69, 9.17) is 16.1 Å². The molecule has 1 aliphatic rings. The number of hydrogen-bond donors (Lipinski definition) is 0. The highest BCUT2D eigenvalue weighted by atomic mass is 35.5. The molecule has 150 valence electrons. The molecule has 3 heterocycles. The Hall–Kier alpha value is -3.45. The lowest BCUT2D eigenvalue weighted by molar-refractivity contribution is -0.117. The van der Waals surface area contributed by atoms with Crippen LogP contribution in [0.4, 0.5) is 5.69 Å². The maximum absolute atomic E-state index is 12.5. The molecule has 1 aliphatic heterocycles. The van der Waals surface area contributed by atoms with Crippen molar-refractivity contribution in [3.05, 3.63) is 71.7 Å². The molecule has 2 aromatic heterocycles. The van der Waals surface area contributed by atoms with Crippen LogP contribution in [0.1, 0.15) is 18.2 Å². The molecule has 2 aromatic carbocycles. The Bertz CT molecular complexity index is 1230. The summed E-state index contributed by atoms with van der Waals surface area (Å²) >= 11 is 6.07. The monoisotopic (exact) mass is 419 g/mol. The molecular formula is C22H18ClN5O2. The molecule has 1 amide bonds. The van der Waals surface area contributed by atoms with Crippen LogP contribution in [-0.2, 0) is 11.8 Å². The zero-order chi connectivity index (χ0) is 20.7. The second-order valence-corrected chi connectivity index (χ2v) is 7.70. The van der Waals surface area contributed by atoms with E-state index in [0.29, 0.717) is 29.7 Å². The Kier molecular flexibility index (Phi) is 4.59. The van der Waals surface area contributed by atoms with Gasteiger partial charge in [-0.05, 0) is 30.3 Å². The number of carbonyl (C=O) groups is 1. The first-order valence-corrected chi connectivity index (χ1v) is 9.94. The number of amides is 1. The summed E-state index contributed by atoms with van der Waals surface area (Å²) in [4.78, 5) is 18.8. The third-order valence-corrected chi connectivity index (χ3v) is 5.51. The van der Waals surface area contributed by atoms with E-state index in [0.717, 1.165) is 22.5 Å². The van der Waals surface area contributed by atoms with E-state index in [1.54, 1.807) is 23.2 Å². The van der Waals surface area contributed by atoms with Crippen LogP contribution >= 0.6 is 11.6 Å².